The van der Waals surface area contributed by atoms with Gasteiger partial charge >= 0.3 is 0 Å². The van der Waals surface area contributed by atoms with Crippen LogP contribution in [0.1, 0.15) is 16.8 Å². The van der Waals surface area contributed by atoms with E-state index in [1.807, 2.05) is 13.0 Å². The van der Waals surface area contributed by atoms with Gasteiger partial charge in [0.1, 0.15) is 0 Å². The van der Waals surface area contributed by atoms with Gasteiger partial charge in [0, 0.05) is 16.6 Å². The quantitative estimate of drug-likeness (QED) is 0.604. The predicted molar refractivity (Wildman–Crippen MR) is 77.1 cm³/mol. The molecule has 92 valence electrons. The molecule has 0 saturated carbocycles. The minimum absolute atomic E-state index is 0.857. The first-order valence-corrected chi connectivity index (χ1v) is 6.67. The standard InChI is InChI=1S/C17H14N2/c1-11-6-7-14-10-13-9-8-12-4-2-3-5-15(12)16(13)19-17(14)18-11/h2-7,10H,8-9H2,1H3. The van der Waals surface area contributed by atoms with Gasteiger partial charge in [-0.25, -0.2) is 9.97 Å². The molecule has 0 spiro atoms. The van der Waals surface area contributed by atoms with Crippen LogP contribution in [-0.4, -0.2) is 9.97 Å². The van der Waals surface area contributed by atoms with Crippen LogP contribution in [-0.2, 0) is 12.8 Å². The Bertz CT molecular complexity index is 790. The molecule has 0 radical (unpaired) electrons. The Balaban J connectivity index is 2.04. The van der Waals surface area contributed by atoms with Crippen molar-refractivity contribution in [2.24, 2.45) is 0 Å². The van der Waals surface area contributed by atoms with Crippen molar-refractivity contribution in [1.82, 2.24) is 9.97 Å². The summed E-state index contributed by atoms with van der Waals surface area (Å²) in [6.45, 7) is 2.01. The number of benzene rings is 1. The highest BCUT2D eigenvalue weighted by Crippen LogP contribution is 2.33. The second-order valence-corrected chi connectivity index (χ2v) is 5.15. The average Bonchev–Trinajstić information content (AvgIpc) is 2.45. The monoisotopic (exact) mass is 246 g/mol. The molecule has 1 aromatic carbocycles. The molecule has 0 saturated heterocycles. The Morgan fingerprint density at radius 1 is 0.895 bits per heavy atom. The van der Waals surface area contributed by atoms with E-state index in [1.165, 1.54) is 16.7 Å². The van der Waals surface area contributed by atoms with Gasteiger partial charge in [-0.3, -0.25) is 0 Å². The summed E-state index contributed by atoms with van der Waals surface area (Å²) in [4.78, 5) is 9.35. The van der Waals surface area contributed by atoms with Gasteiger partial charge in [-0.05, 0) is 49.1 Å². The van der Waals surface area contributed by atoms with Crippen LogP contribution in [0.25, 0.3) is 22.3 Å². The Labute approximate surface area is 112 Å². The molecule has 2 heterocycles. The summed E-state index contributed by atoms with van der Waals surface area (Å²) in [6.07, 6.45) is 2.18. The van der Waals surface area contributed by atoms with Gasteiger partial charge in [-0.15, -0.1) is 0 Å². The molecular weight excluding hydrogens is 232 g/mol. The van der Waals surface area contributed by atoms with Gasteiger partial charge in [0.2, 0.25) is 0 Å². The molecule has 0 aliphatic heterocycles. The van der Waals surface area contributed by atoms with E-state index >= 15 is 0 Å². The molecule has 1 aliphatic rings. The molecule has 2 aromatic heterocycles. The summed E-state index contributed by atoms with van der Waals surface area (Å²) in [5.41, 5.74) is 7.01. The van der Waals surface area contributed by atoms with E-state index in [0.717, 1.165) is 35.3 Å². The van der Waals surface area contributed by atoms with Gasteiger partial charge in [0.15, 0.2) is 5.65 Å². The lowest BCUT2D eigenvalue weighted by molar-refractivity contribution is 0.931. The van der Waals surface area contributed by atoms with Gasteiger partial charge in [-0.1, -0.05) is 24.3 Å². The van der Waals surface area contributed by atoms with Crippen molar-refractivity contribution in [2.75, 3.05) is 0 Å². The lowest BCUT2D eigenvalue weighted by Crippen LogP contribution is -2.06. The summed E-state index contributed by atoms with van der Waals surface area (Å²) < 4.78 is 0. The van der Waals surface area contributed by atoms with Gasteiger partial charge in [-0.2, -0.15) is 0 Å². The maximum atomic E-state index is 4.81. The summed E-state index contributed by atoms with van der Waals surface area (Å²) >= 11 is 0. The topological polar surface area (TPSA) is 25.8 Å². The first-order valence-electron chi connectivity index (χ1n) is 6.67. The normalized spacial score (nSPS) is 13.1. The molecule has 19 heavy (non-hydrogen) atoms. The van der Waals surface area contributed by atoms with Crippen LogP contribution in [0.15, 0.2) is 42.5 Å². The smallest absolute Gasteiger partial charge is 0.160 e. The van der Waals surface area contributed by atoms with Crippen molar-refractivity contribution in [3.8, 4) is 11.3 Å². The van der Waals surface area contributed by atoms with E-state index in [2.05, 4.69) is 41.4 Å². The number of nitrogens with zero attached hydrogens (tertiary/aromatic N) is 2. The second kappa shape index (κ2) is 3.89. The van der Waals surface area contributed by atoms with Crippen molar-refractivity contribution in [1.29, 1.82) is 0 Å². The zero-order valence-corrected chi connectivity index (χ0v) is 10.9. The van der Waals surface area contributed by atoms with Crippen LogP contribution in [0.2, 0.25) is 0 Å². The summed E-state index contributed by atoms with van der Waals surface area (Å²) in [5, 5.41) is 1.14. The van der Waals surface area contributed by atoms with E-state index in [4.69, 9.17) is 4.98 Å². The minimum atomic E-state index is 0.857. The third-order valence-corrected chi connectivity index (χ3v) is 3.83. The van der Waals surface area contributed by atoms with Crippen LogP contribution in [0.4, 0.5) is 0 Å². The van der Waals surface area contributed by atoms with E-state index in [1.54, 1.807) is 0 Å². The summed E-state index contributed by atoms with van der Waals surface area (Å²) in [7, 11) is 0. The number of hydrogen-bond donors (Lipinski definition) is 0. The van der Waals surface area contributed by atoms with Crippen molar-refractivity contribution in [3.05, 3.63) is 59.3 Å². The number of rotatable bonds is 0. The predicted octanol–water partition coefficient (Wildman–Crippen LogP) is 3.70. The van der Waals surface area contributed by atoms with Crippen molar-refractivity contribution >= 4 is 11.0 Å². The maximum Gasteiger partial charge on any atom is 0.160 e. The summed E-state index contributed by atoms with van der Waals surface area (Å²) in [6, 6.07) is 15.0. The fraction of sp³-hybridized carbons (Fsp3) is 0.176. The van der Waals surface area contributed by atoms with Crippen LogP contribution < -0.4 is 0 Å². The van der Waals surface area contributed by atoms with Crippen LogP contribution in [0.3, 0.4) is 0 Å². The van der Waals surface area contributed by atoms with E-state index in [9.17, 15) is 0 Å². The highest BCUT2D eigenvalue weighted by atomic mass is 14.9. The molecule has 2 nitrogen and oxygen atoms in total. The molecule has 3 aromatic rings. The molecule has 0 amide bonds. The SMILES string of the molecule is Cc1ccc2cc3c(nc2n1)-c1ccccc1CC3. The largest absolute Gasteiger partial charge is 0.233 e. The van der Waals surface area contributed by atoms with Crippen molar-refractivity contribution in [2.45, 2.75) is 19.8 Å². The summed E-state index contributed by atoms with van der Waals surface area (Å²) in [5.74, 6) is 0. The van der Waals surface area contributed by atoms with Crippen molar-refractivity contribution in [3.63, 3.8) is 0 Å². The Morgan fingerprint density at radius 3 is 2.68 bits per heavy atom. The fourth-order valence-electron chi connectivity index (χ4n) is 2.85. The minimum Gasteiger partial charge on any atom is -0.233 e. The molecule has 0 unspecified atom stereocenters. The lowest BCUT2D eigenvalue weighted by Gasteiger charge is -2.19. The number of aryl methyl sites for hydroxylation is 3. The van der Waals surface area contributed by atoms with Crippen LogP contribution in [0.5, 0.6) is 0 Å². The Kier molecular flexibility index (Phi) is 2.18. The zero-order chi connectivity index (χ0) is 12.8. The van der Waals surface area contributed by atoms with Gasteiger partial charge < -0.3 is 0 Å². The third-order valence-electron chi connectivity index (χ3n) is 3.83. The lowest BCUT2D eigenvalue weighted by atomic mass is 9.89. The molecule has 4 rings (SSSR count). The highest BCUT2D eigenvalue weighted by molar-refractivity contribution is 5.82. The Hall–Kier alpha value is -2.22. The first-order chi connectivity index (χ1) is 9.31. The van der Waals surface area contributed by atoms with Gasteiger partial charge in [0.25, 0.3) is 0 Å². The van der Waals surface area contributed by atoms with Crippen molar-refractivity contribution < 1.29 is 0 Å². The fourth-order valence-corrected chi connectivity index (χ4v) is 2.85. The average molecular weight is 246 g/mol. The zero-order valence-electron chi connectivity index (χ0n) is 10.9. The molecule has 0 atom stereocenters. The van der Waals surface area contributed by atoms with E-state index < -0.39 is 0 Å². The van der Waals surface area contributed by atoms with Gasteiger partial charge in [0.05, 0.1) is 5.69 Å². The maximum absolute atomic E-state index is 4.81. The highest BCUT2D eigenvalue weighted by Gasteiger charge is 2.17. The number of hydrogen-bond acceptors (Lipinski definition) is 2. The molecular formula is C17H14N2. The molecule has 0 bridgehead atoms. The Morgan fingerprint density at radius 2 is 1.74 bits per heavy atom. The molecule has 1 aliphatic carbocycles. The van der Waals surface area contributed by atoms with Crippen LogP contribution in [0, 0.1) is 6.92 Å². The number of fused-ring (bicyclic) bond motifs is 4. The first kappa shape index (κ1) is 10.7. The molecule has 0 fully saturated rings. The van der Waals surface area contributed by atoms with E-state index in [0.29, 0.717) is 0 Å². The van der Waals surface area contributed by atoms with E-state index in [-0.39, 0.29) is 0 Å². The molecule has 0 N–H and O–H groups in total. The van der Waals surface area contributed by atoms with Crippen LogP contribution >= 0.6 is 0 Å². The molecule has 2 heteroatoms. The number of aromatic nitrogens is 2. The number of pyridine rings is 2. The third kappa shape index (κ3) is 1.64. The second-order valence-electron chi connectivity index (χ2n) is 5.15.